The standard InChI is InChI=1S/C22H17BrN2O/c23-17-11-12-18-19(13-17)20(16-9-5-2-6-10-16)21(24)25(22(18)26)14-15-7-3-1-4-8-15/h1-13H,14,24H2. The minimum atomic E-state index is -0.0754. The van der Waals surface area contributed by atoms with Crippen molar-refractivity contribution in [3.63, 3.8) is 0 Å². The maximum atomic E-state index is 13.1. The van der Waals surface area contributed by atoms with Crippen molar-refractivity contribution in [1.82, 2.24) is 4.57 Å². The van der Waals surface area contributed by atoms with E-state index in [2.05, 4.69) is 15.9 Å². The van der Waals surface area contributed by atoms with E-state index in [1.807, 2.05) is 78.9 Å². The van der Waals surface area contributed by atoms with Gasteiger partial charge in [0.2, 0.25) is 0 Å². The van der Waals surface area contributed by atoms with Gasteiger partial charge in [0.15, 0.2) is 0 Å². The van der Waals surface area contributed by atoms with E-state index < -0.39 is 0 Å². The van der Waals surface area contributed by atoms with Crippen molar-refractivity contribution in [2.24, 2.45) is 0 Å². The van der Waals surface area contributed by atoms with Crippen LogP contribution in [0.3, 0.4) is 0 Å². The van der Waals surface area contributed by atoms with E-state index in [0.29, 0.717) is 17.7 Å². The van der Waals surface area contributed by atoms with Crippen molar-refractivity contribution in [2.75, 3.05) is 5.73 Å². The quantitative estimate of drug-likeness (QED) is 0.518. The number of anilines is 1. The molecule has 0 spiro atoms. The summed E-state index contributed by atoms with van der Waals surface area (Å²) in [4.78, 5) is 13.1. The fourth-order valence-corrected chi connectivity index (χ4v) is 3.63. The van der Waals surface area contributed by atoms with Gasteiger partial charge in [-0.2, -0.15) is 0 Å². The van der Waals surface area contributed by atoms with Crippen LogP contribution < -0.4 is 11.3 Å². The predicted octanol–water partition coefficient (Wildman–Crippen LogP) is 5.06. The Morgan fingerprint density at radius 1 is 0.846 bits per heavy atom. The molecular formula is C22H17BrN2O. The number of fused-ring (bicyclic) bond motifs is 1. The number of aromatic nitrogens is 1. The lowest BCUT2D eigenvalue weighted by Gasteiger charge is -2.17. The topological polar surface area (TPSA) is 48.0 Å². The number of pyridine rings is 1. The normalized spacial score (nSPS) is 11.0. The fraction of sp³-hybridized carbons (Fsp3) is 0.0455. The summed E-state index contributed by atoms with van der Waals surface area (Å²) in [6.07, 6.45) is 0. The summed E-state index contributed by atoms with van der Waals surface area (Å²) in [5, 5.41) is 1.52. The zero-order valence-electron chi connectivity index (χ0n) is 14.0. The molecule has 3 aromatic carbocycles. The predicted molar refractivity (Wildman–Crippen MR) is 111 cm³/mol. The van der Waals surface area contributed by atoms with Crippen LogP contribution in [0.5, 0.6) is 0 Å². The summed E-state index contributed by atoms with van der Waals surface area (Å²) in [7, 11) is 0. The molecule has 4 rings (SSSR count). The van der Waals surface area contributed by atoms with E-state index in [4.69, 9.17) is 5.73 Å². The Hall–Kier alpha value is -2.85. The number of nitrogen functional groups attached to an aromatic ring is 1. The van der Waals surface area contributed by atoms with Crippen LogP contribution in [0, 0.1) is 0 Å². The van der Waals surface area contributed by atoms with Crippen LogP contribution in [0.4, 0.5) is 5.82 Å². The molecular weight excluding hydrogens is 388 g/mol. The lowest BCUT2D eigenvalue weighted by Crippen LogP contribution is -2.24. The third-order valence-electron chi connectivity index (χ3n) is 4.52. The molecule has 0 unspecified atom stereocenters. The van der Waals surface area contributed by atoms with E-state index in [0.717, 1.165) is 26.5 Å². The molecule has 0 bridgehead atoms. The van der Waals surface area contributed by atoms with Crippen molar-refractivity contribution in [2.45, 2.75) is 6.54 Å². The molecule has 4 aromatic rings. The number of rotatable bonds is 3. The lowest BCUT2D eigenvalue weighted by atomic mass is 9.99. The third-order valence-corrected chi connectivity index (χ3v) is 5.01. The first-order valence-electron chi connectivity index (χ1n) is 8.36. The van der Waals surface area contributed by atoms with Crippen LogP contribution in [-0.2, 0) is 6.54 Å². The van der Waals surface area contributed by atoms with Crippen LogP contribution in [0.1, 0.15) is 5.56 Å². The molecule has 1 heterocycles. The summed E-state index contributed by atoms with van der Waals surface area (Å²) >= 11 is 3.51. The van der Waals surface area contributed by atoms with Gasteiger partial charge in [-0.15, -0.1) is 0 Å². The first-order valence-corrected chi connectivity index (χ1v) is 9.15. The van der Waals surface area contributed by atoms with E-state index >= 15 is 0 Å². The Kier molecular flexibility index (Phi) is 4.35. The highest BCUT2D eigenvalue weighted by Crippen LogP contribution is 2.34. The third kappa shape index (κ3) is 2.93. The molecule has 0 aliphatic carbocycles. The lowest BCUT2D eigenvalue weighted by molar-refractivity contribution is 0.781. The second-order valence-corrected chi connectivity index (χ2v) is 7.11. The van der Waals surface area contributed by atoms with Crippen LogP contribution in [0.2, 0.25) is 0 Å². The Balaban J connectivity index is 2.05. The highest BCUT2D eigenvalue weighted by Gasteiger charge is 2.16. The van der Waals surface area contributed by atoms with Crippen molar-refractivity contribution in [3.8, 4) is 11.1 Å². The molecule has 0 amide bonds. The van der Waals surface area contributed by atoms with E-state index in [1.165, 1.54) is 0 Å². The second-order valence-electron chi connectivity index (χ2n) is 6.19. The Labute approximate surface area is 159 Å². The maximum absolute atomic E-state index is 13.1. The first-order chi connectivity index (χ1) is 12.6. The van der Waals surface area contributed by atoms with Crippen molar-refractivity contribution >= 4 is 32.5 Å². The number of benzene rings is 3. The van der Waals surface area contributed by atoms with Gasteiger partial charge in [0.1, 0.15) is 5.82 Å². The number of hydrogen-bond acceptors (Lipinski definition) is 2. The summed E-state index contributed by atoms with van der Waals surface area (Å²) < 4.78 is 2.58. The minimum absolute atomic E-state index is 0.0754. The average molecular weight is 405 g/mol. The molecule has 4 heteroatoms. The molecule has 0 radical (unpaired) electrons. The van der Waals surface area contributed by atoms with Crippen LogP contribution in [-0.4, -0.2) is 4.57 Å². The maximum Gasteiger partial charge on any atom is 0.260 e. The molecule has 1 aromatic heterocycles. The molecule has 0 atom stereocenters. The van der Waals surface area contributed by atoms with Gasteiger partial charge < -0.3 is 5.73 Å². The van der Waals surface area contributed by atoms with Gasteiger partial charge in [0, 0.05) is 15.4 Å². The zero-order chi connectivity index (χ0) is 18.1. The largest absolute Gasteiger partial charge is 0.384 e. The SMILES string of the molecule is Nc1c(-c2ccccc2)c2cc(Br)ccc2c(=O)n1Cc1ccccc1. The summed E-state index contributed by atoms with van der Waals surface area (Å²) in [5.74, 6) is 0.482. The highest BCUT2D eigenvalue weighted by atomic mass is 79.9. The number of nitrogens with two attached hydrogens (primary N) is 1. The highest BCUT2D eigenvalue weighted by molar-refractivity contribution is 9.10. The van der Waals surface area contributed by atoms with E-state index in [9.17, 15) is 4.79 Å². The molecule has 26 heavy (non-hydrogen) atoms. The number of halogens is 1. The second kappa shape index (κ2) is 6.81. The average Bonchev–Trinajstić information content (AvgIpc) is 2.67. The molecule has 0 saturated carbocycles. The summed E-state index contributed by atoms with van der Waals surface area (Å²) in [6.45, 7) is 0.442. The first kappa shape index (κ1) is 16.6. The zero-order valence-corrected chi connectivity index (χ0v) is 15.6. The smallest absolute Gasteiger partial charge is 0.260 e. The Bertz CT molecular complexity index is 1140. The van der Waals surface area contributed by atoms with Crippen LogP contribution >= 0.6 is 15.9 Å². The van der Waals surface area contributed by atoms with Gasteiger partial charge >= 0.3 is 0 Å². The van der Waals surface area contributed by atoms with Gasteiger partial charge in [-0.3, -0.25) is 9.36 Å². The van der Waals surface area contributed by atoms with E-state index in [-0.39, 0.29) is 5.56 Å². The molecule has 0 aliphatic heterocycles. The summed E-state index contributed by atoms with van der Waals surface area (Å²) in [6, 6.07) is 25.6. The Morgan fingerprint density at radius 3 is 2.19 bits per heavy atom. The van der Waals surface area contributed by atoms with Crippen molar-refractivity contribution in [3.05, 3.63) is 99.3 Å². The number of nitrogens with zero attached hydrogens (tertiary/aromatic N) is 1. The van der Waals surface area contributed by atoms with Gasteiger partial charge in [0.05, 0.1) is 6.54 Å². The molecule has 2 N–H and O–H groups in total. The van der Waals surface area contributed by atoms with Gasteiger partial charge in [-0.1, -0.05) is 76.6 Å². The van der Waals surface area contributed by atoms with Crippen molar-refractivity contribution < 1.29 is 0 Å². The summed E-state index contributed by atoms with van der Waals surface area (Å²) in [5.41, 5.74) is 9.37. The molecule has 0 fully saturated rings. The Morgan fingerprint density at radius 2 is 1.50 bits per heavy atom. The fourth-order valence-electron chi connectivity index (χ4n) is 3.27. The minimum Gasteiger partial charge on any atom is -0.384 e. The van der Waals surface area contributed by atoms with Gasteiger partial charge in [0.25, 0.3) is 5.56 Å². The van der Waals surface area contributed by atoms with E-state index in [1.54, 1.807) is 4.57 Å². The van der Waals surface area contributed by atoms with Crippen LogP contribution in [0.25, 0.3) is 21.9 Å². The molecule has 0 saturated heterocycles. The molecule has 3 nitrogen and oxygen atoms in total. The van der Waals surface area contributed by atoms with Crippen molar-refractivity contribution in [1.29, 1.82) is 0 Å². The van der Waals surface area contributed by atoms with Crippen LogP contribution in [0.15, 0.2) is 88.1 Å². The molecule has 128 valence electrons. The molecule has 0 aliphatic rings. The monoisotopic (exact) mass is 404 g/mol. The van der Waals surface area contributed by atoms with Gasteiger partial charge in [-0.05, 0) is 34.7 Å². The number of hydrogen-bond donors (Lipinski definition) is 1. The van der Waals surface area contributed by atoms with Gasteiger partial charge in [-0.25, -0.2) is 0 Å².